The molecule has 7 heteroatoms. The van der Waals surface area contributed by atoms with Crippen molar-refractivity contribution in [3.63, 3.8) is 0 Å². The molecule has 0 aliphatic heterocycles. The average molecular weight is 527 g/mol. The van der Waals surface area contributed by atoms with E-state index in [-0.39, 0.29) is 16.5 Å². The molecule has 2 aliphatic rings. The molecule has 3 heterocycles. The molecule has 2 saturated carbocycles. The summed E-state index contributed by atoms with van der Waals surface area (Å²) in [5.74, 6) is 1.71. The van der Waals surface area contributed by atoms with Gasteiger partial charge in [-0.1, -0.05) is 35.9 Å². The lowest BCUT2D eigenvalue weighted by molar-refractivity contribution is 0.0688. The predicted molar refractivity (Wildman–Crippen MR) is 149 cm³/mol. The highest BCUT2D eigenvalue weighted by Gasteiger charge is 2.41. The summed E-state index contributed by atoms with van der Waals surface area (Å²) in [5.41, 5.74) is 5.81. The molecule has 2 aliphatic carbocycles. The van der Waals surface area contributed by atoms with Gasteiger partial charge in [0.1, 0.15) is 10.6 Å². The fourth-order valence-corrected chi connectivity index (χ4v) is 5.61. The molecule has 0 saturated heterocycles. The van der Waals surface area contributed by atoms with Crippen LogP contribution in [-0.2, 0) is 5.60 Å². The number of rotatable bonds is 6. The first kappa shape index (κ1) is 25.0. The van der Waals surface area contributed by atoms with Gasteiger partial charge < -0.3 is 5.11 Å². The van der Waals surface area contributed by atoms with Gasteiger partial charge in [0.15, 0.2) is 5.82 Å². The van der Waals surface area contributed by atoms with Crippen molar-refractivity contribution in [3.05, 3.63) is 104 Å². The van der Waals surface area contributed by atoms with E-state index in [9.17, 15) is 9.90 Å². The van der Waals surface area contributed by atoms with Gasteiger partial charge in [0, 0.05) is 18.1 Å². The molecule has 6 nitrogen and oxygen atoms in total. The number of nitrogens with zero attached hydrogens (tertiary/aromatic N) is 4. The zero-order valence-corrected chi connectivity index (χ0v) is 22.8. The molecule has 3 aromatic heterocycles. The molecule has 1 aromatic carbocycles. The molecule has 0 radical (unpaired) electrons. The summed E-state index contributed by atoms with van der Waals surface area (Å²) >= 11 is 6.77. The Kier molecular flexibility index (Phi) is 6.00. The summed E-state index contributed by atoms with van der Waals surface area (Å²) in [4.78, 5) is 26.9. The van der Waals surface area contributed by atoms with E-state index in [1.165, 1.54) is 24.0 Å². The lowest BCUT2D eigenvalue weighted by Crippen LogP contribution is -2.23. The molecule has 0 amide bonds. The summed E-state index contributed by atoms with van der Waals surface area (Å²) in [6.07, 6.45) is 6.94. The molecule has 1 N–H and O–H groups in total. The molecule has 194 valence electrons. The van der Waals surface area contributed by atoms with Gasteiger partial charge in [0.2, 0.25) is 0 Å². The number of halogens is 1. The minimum absolute atomic E-state index is 0.225. The molecule has 0 bridgehead atoms. The normalized spacial score (nSPS) is 19.0. The van der Waals surface area contributed by atoms with Crippen LogP contribution in [0, 0.1) is 13.8 Å². The molecular weight excluding hydrogens is 496 g/mol. The Labute approximate surface area is 227 Å². The number of aryl methyl sites for hydroxylation is 2. The Balaban J connectivity index is 1.33. The van der Waals surface area contributed by atoms with Crippen LogP contribution in [-0.4, -0.2) is 24.6 Å². The first-order valence-electron chi connectivity index (χ1n) is 13.2. The number of hydrogen-bond donors (Lipinski definition) is 1. The van der Waals surface area contributed by atoms with Crippen LogP contribution in [0.5, 0.6) is 0 Å². The third-order valence-electron chi connectivity index (χ3n) is 7.75. The summed E-state index contributed by atoms with van der Waals surface area (Å²) in [7, 11) is 0. The molecular formula is C31H31ClN4O2. The fourth-order valence-electron chi connectivity index (χ4n) is 5.33. The highest BCUT2D eigenvalue weighted by atomic mass is 35.5. The largest absolute Gasteiger partial charge is 0.382 e. The topological polar surface area (TPSA) is 80.9 Å². The number of benzene rings is 1. The van der Waals surface area contributed by atoms with E-state index in [1.807, 2.05) is 19.9 Å². The van der Waals surface area contributed by atoms with Crippen molar-refractivity contribution in [2.45, 2.75) is 70.3 Å². The summed E-state index contributed by atoms with van der Waals surface area (Å²) in [6.45, 7) is 7.14. The van der Waals surface area contributed by atoms with Gasteiger partial charge in [-0.3, -0.25) is 14.3 Å². The van der Waals surface area contributed by atoms with E-state index in [1.54, 1.807) is 36.9 Å². The molecule has 38 heavy (non-hydrogen) atoms. The highest BCUT2D eigenvalue weighted by molar-refractivity contribution is 6.31. The van der Waals surface area contributed by atoms with Crippen molar-refractivity contribution in [2.75, 3.05) is 0 Å². The van der Waals surface area contributed by atoms with Crippen molar-refractivity contribution < 1.29 is 5.11 Å². The first-order chi connectivity index (χ1) is 18.1. The minimum Gasteiger partial charge on any atom is -0.382 e. The van der Waals surface area contributed by atoms with Crippen LogP contribution in [0.1, 0.15) is 84.6 Å². The van der Waals surface area contributed by atoms with Crippen molar-refractivity contribution in [2.24, 2.45) is 0 Å². The lowest BCUT2D eigenvalue weighted by Gasteiger charge is -2.17. The minimum atomic E-state index is -1.18. The Hall–Kier alpha value is -3.35. The van der Waals surface area contributed by atoms with Crippen molar-refractivity contribution in [1.82, 2.24) is 19.5 Å². The number of aliphatic hydroxyl groups is 1. The van der Waals surface area contributed by atoms with Crippen molar-refractivity contribution >= 4 is 11.6 Å². The predicted octanol–water partition coefficient (Wildman–Crippen LogP) is 6.34. The summed E-state index contributed by atoms with van der Waals surface area (Å²) in [5, 5.41) is 10.6. The van der Waals surface area contributed by atoms with Crippen LogP contribution in [0.4, 0.5) is 0 Å². The zero-order valence-electron chi connectivity index (χ0n) is 22.1. The average Bonchev–Trinajstić information content (AvgIpc) is 3.81. The smallest absolute Gasteiger partial charge is 0.274 e. The third kappa shape index (κ3) is 4.56. The van der Waals surface area contributed by atoms with E-state index in [0.29, 0.717) is 28.8 Å². The van der Waals surface area contributed by atoms with Gasteiger partial charge in [0.25, 0.3) is 5.56 Å². The monoisotopic (exact) mass is 526 g/mol. The second kappa shape index (κ2) is 9.14. The van der Waals surface area contributed by atoms with Crippen LogP contribution in [0.3, 0.4) is 0 Å². The maximum absolute atomic E-state index is 13.7. The van der Waals surface area contributed by atoms with Gasteiger partial charge in [-0.15, -0.1) is 0 Å². The van der Waals surface area contributed by atoms with Crippen LogP contribution >= 0.6 is 11.6 Å². The lowest BCUT2D eigenvalue weighted by atomic mass is 10.0. The summed E-state index contributed by atoms with van der Waals surface area (Å²) < 4.78 is 1.66. The van der Waals surface area contributed by atoms with Gasteiger partial charge in [0.05, 0.1) is 17.1 Å². The number of pyridine rings is 2. The molecule has 2 fully saturated rings. The van der Waals surface area contributed by atoms with Crippen LogP contribution in [0.15, 0.2) is 59.7 Å². The Morgan fingerprint density at radius 2 is 1.68 bits per heavy atom. The third-order valence-corrected chi connectivity index (χ3v) is 8.13. The molecule has 4 aromatic rings. The van der Waals surface area contributed by atoms with Crippen LogP contribution in [0.25, 0.3) is 17.1 Å². The standard InChI is InChI=1S/C31H31ClN4O2/c1-17-16-34-26(25-11-12-33-30(35-25)31(3,4)38)15-27(17)36-18(2)13-24(28(32)29(36)37)23-14-22(23)21-9-7-20(8-10-21)19-5-6-19/h7-13,15-16,19,22-23,38H,5-6,14H2,1-4H3/t22-,23+/m1/s1. The van der Waals surface area contributed by atoms with E-state index < -0.39 is 5.60 Å². The number of hydrogen-bond acceptors (Lipinski definition) is 5. The second-order valence-electron chi connectivity index (χ2n) is 11.3. The Morgan fingerprint density at radius 3 is 2.37 bits per heavy atom. The van der Waals surface area contributed by atoms with E-state index >= 15 is 0 Å². The van der Waals surface area contributed by atoms with E-state index in [2.05, 4.69) is 45.3 Å². The van der Waals surface area contributed by atoms with Gasteiger partial charge in [-0.2, -0.15) is 0 Å². The fraction of sp³-hybridized carbons (Fsp3) is 0.355. The van der Waals surface area contributed by atoms with Crippen LogP contribution in [0.2, 0.25) is 5.02 Å². The van der Waals surface area contributed by atoms with Gasteiger partial charge in [-0.25, -0.2) is 9.97 Å². The first-order valence-corrected chi connectivity index (χ1v) is 13.5. The molecule has 6 rings (SSSR count). The van der Waals surface area contributed by atoms with Crippen molar-refractivity contribution in [1.29, 1.82) is 0 Å². The number of aromatic nitrogens is 4. The Morgan fingerprint density at radius 1 is 0.974 bits per heavy atom. The van der Waals surface area contributed by atoms with Gasteiger partial charge >= 0.3 is 0 Å². The van der Waals surface area contributed by atoms with Gasteiger partial charge in [-0.05, 0) is 105 Å². The quantitative estimate of drug-likeness (QED) is 0.317. The van der Waals surface area contributed by atoms with E-state index in [0.717, 1.165) is 29.2 Å². The maximum atomic E-state index is 13.7. The molecule has 0 spiro atoms. The van der Waals surface area contributed by atoms with Crippen molar-refractivity contribution in [3.8, 4) is 17.1 Å². The SMILES string of the molecule is Cc1cnc(-c2ccnc(C(C)(C)O)n2)cc1-n1c(C)cc([C@H]2C[C@@H]2c2ccc(C3CC3)cc2)c(Cl)c1=O. The molecule has 2 atom stereocenters. The zero-order chi connectivity index (χ0) is 26.8. The maximum Gasteiger partial charge on any atom is 0.274 e. The highest BCUT2D eigenvalue weighted by Crippen LogP contribution is 2.56. The van der Waals surface area contributed by atoms with Crippen LogP contribution < -0.4 is 5.56 Å². The summed E-state index contributed by atoms with van der Waals surface area (Å²) in [6, 6.07) is 14.7. The van der Waals surface area contributed by atoms with E-state index in [4.69, 9.17) is 11.6 Å². The second-order valence-corrected chi connectivity index (χ2v) is 11.6. The molecule has 0 unspecified atom stereocenters. The Bertz CT molecular complexity index is 1600.